The van der Waals surface area contributed by atoms with Gasteiger partial charge in [0.15, 0.2) is 0 Å². The Bertz CT molecular complexity index is 1240. The Morgan fingerprint density at radius 2 is 1.45 bits per heavy atom. The highest BCUT2D eigenvalue weighted by Gasteiger charge is 2.32. The molecule has 1 unspecified atom stereocenters. The van der Waals surface area contributed by atoms with Gasteiger partial charge < -0.3 is 9.13 Å². The van der Waals surface area contributed by atoms with E-state index in [2.05, 4.69) is 95.8 Å². The van der Waals surface area contributed by atoms with Crippen molar-refractivity contribution in [3.63, 3.8) is 0 Å². The van der Waals surface area contributed by atoms with Crippen LogP contribution < -0.4 is 5.62 Å². The van der Waals surface area contributed by atoms with Gasteiger partial charge in [-0.05, 0) is 62.3 Å². The molecule has 1 heterocycles. The first kappa shape index (κ1) is 19.9. The summed E-state index contributed by atoms with van der Waals surface area (Å²) in [6, 6.07) is 26.5. The van der Waals surface area contributed by atoms with Crippen molar-refractivity contribution in [1.82, 2.24) is 9.13 Å². The average Bonchev–Trinajstić information content (AvgIpc) is 3.02. The van der Waals surface area contributed by atoms with Gasteiger partial charge in [-0.25, -0.2) is 0 Å². The second kappa shape index (κ2) is 8.22. The van der Waals surface area contributed by atoms with E-state index in [9.17, 15) is 5.41 Å². The Kier molecular flexibility index (Phi) is 5.27. The van der Waals surface area contributed by atoms with Gasteiger partial charge in [0, 0.05) is 6.54 Å². The van der Waals surface area contributed by atoms with E-state index in [1.807, 2.05) is 0 Å². The van der Waals surface area contributed by atoms with Gasteiger partial charge >= 0.3 is 0 Å². The zero-order valence-corrected chi connectivity index (χ0v) is 18.5. The maximum Gasteiger partial charge on any atom is 0.203 e. The van der Waals surface area contributed by atoms with Crippen LogP contribution in [0.2, 0.25) is 0 Å². The molecule has 158 valence electrons. The zero-order valence-electron chi connectivity index (χ0n) is 18.5. The molecule has 31 heavy (non-hydrogen) atoms. The topological polar surface area (TPSA) is 33.7 Å². The number of hydrogen-bond donors (Lipinski definition) is 1. The summed E-state index contributed by atoms with van der Waals surface area (Å²) in [6.45, 7) is 5.09. The number of nitrogens with one attached hydrogen (secondary N) is 1. The van der Waals surface area contributed by atoms with Gasteiger partial charge in [-0.1, -0.05) is 78.2 Å². The van der Waals surface area contributed by atoms with E-state index in [-0.39, 0.29) is 6.04 Å². The molecule has 1 saturated carbocycles. The third kappa shape index (κ3) is 3.74. The lowest BCUT2D eigenvalue weighted by atomic mass is 9.77. The molecule has 4 aromatic rings. The smallest absolute Gasteiger partial charge is 0.203 e. The number of hydrogen-bond acceptors (Lipinski definition) is 1. The molecular formula is C28H31N3. The highest BCUT2D eigenvalue weighted by molar-refractivity contribution is 5.76. The number of aryl methyl sites for hydroxylation is 4. The van der Waals surface area contributed by atoms with Crippen molar-refractivity contribution in [1.29, 1.82) is 5.41 Å². The largest absolute Gasteiger partial charge is 0.310 e. The Morgan fingerprint density at radius 1 is 0.839 bits per heavy atom. The summed E-state index contributed by atoms with van der Waals surface area (Å²) in [5.41, 5.74) is 8.18. The number of fused-ring (bicyclic) bond motifs is 1. The molecule has 0 bridgehead atoms. The second-order valence-corrected chi connectivity index (χ2v) is 9.12. The van der Waals surface area contributed by atoms with Crippen molar-refractivity contribution >= 4 is 11.0 Å². The van der Waals surface area contributed by atoms with Crippen LogP contribution in [0.3, 0.4) is 0 Å². The van der Waals surface area contributed by atoms with Gasteiger partial charge in [0.05, 0.1) is 17.1 Å². The van der Waals surface area contributed by atoms with Crippen LogP contribution in [-0.2, 0) is 13.0 Å². The van der Waals surface area contributed by atoms with E-state index in [1.54, 1.807) is 0 Å². The molecule has 1 N–H and O–H groups in total. The Hall–Kier alpha value is -3.07. The third-order valence-electron chi connectivity index (χ3n) is 6.95. The Balaban J connectivity index is 1.59. The minimum atomic E-state index is 0.229. The standard InChI is InChI=1S/C28H31N3/c1-20-10-14-22(15-11-20)18-19-30-25-8-3-4-9-26(25)31(28(30)29)27(23-6-5-7-23)24-16-12-21(2)13-17-24/h3-4,8-17,23,27,29H,5-7,18-19H2,1-2H3. The van der Waals surface area contributed by atoms with Crippen LogP contribution in [0.15, 0.2) is 72.8 Å². The van der Waals surface area contributed by atoms with Gasteiger partial charge in [-0.2, -0.15) is 0 Å². The predicted octanol–water partition coefficient (Wildman–Crippen LogP) is 6.17. The lowest BCUT2D eigenvalue weighted by molar-refractivity contribution is 0.235. The maximum absolute atomic E-state index is 9.22. The summed E-state index contributed by atoms with van der Waals surface area (Å²) in [7, 11) is 0. The first-order valence-electron chi connectivity index (χ1n) is 11.5. The van der Waals surface area contributed by atoms with Crippen LogP contribution in [0.25, 0.3) is 11.0 Å². The van der Waals surface area contributed by atoms with E-state index in [0.29, 0.717) is 11.5 Å². The first-order valence-corrected chi connectivity index (χ1v) is 11.5. The number of rotatable bonds is 6. The molecule has 1 aliphatic carbocycles. The summed E-state index contributed by atoms with van der Waals surface area (Å²) in [5.74, 6) is 0.605. The van der Waals surface area contributed by atoms with Crippen LogP contribution in [-0.4, -0.2) is 9.13 Å². The molecular weight excluding hydrogens is 378 g/mol. The van der Waals surface area contributed by atoms with E-state index < -0.39 is 0 Å². The molecule has 0 amide bonds. The van der Waals surface area contributed by atoms with Crippen molar-refractivity contribution in [2.24, 2.45) is 5.92 Å². The number of benzene rings is 3. The molecule has 3 nitrogen and oxygen atoms in total. The molecule has 5 rings (SSSR count). The summed E-state index contributed by atoms with van der Waals surface area (Å²) in [6.07, 6.45) is 4.72. The van der Waals surface area contributed by atoms with Crippen molar-refractivity contribution in [3.8, 4) is 0 Å². The van der Waals surface area contributed by atoms with Crippen LogP contribution >= 0.6 is 0 Å². The summed E-state index contributed by atoms with van der Waals surface area (Å²) < 4.78 is 4.51. The third-order valence-corrected chi connectivity index (χ3v) is 6.95. The summed E-state index contributed by atoms with van der Waals surface area (Å²) in [4.78, 5) is 0. The van der Waals surface area contributed by atoms with Gasteiger partial charge in [0.2, 0.25) is 5.62 Å². The molecule has 3 aromatic carbocycles. The summed E-state index contributed by atoms with van der Waals surface area (Å²) >= 11 is 0. The van der Waals surface area contributed by atoms with E-state index in [0.717, 1.165) is 18.5 Å². The van der Waals surface area contributed by atoms with Crippen molar-refractivity contribution in [2.45, 2.75) is 52.1 Å². The number of para-hydroxylation sites is 2. The summed E-state index contributed by atoms with van der Waals surface area (Å²) in [5, 5.41) is 9.22. The normalized spacial score (nSPS) is 15.2. The van der Waals surface area contributed by atoms with Crippen LogP contribution in [0.5, 0.6) is 0 Å². The lowest BCUT2D eigenvalue weighted by Gasteiger charge is -2.35. The van der Waals surface area contributed by atoms with E-state index in [4.69, 9.17) is 0 Å². The van der Waals surface area contributed by atoms with Crippen molar-refractivity contribution < 1.29 is 0 Å². The number of aromatic nitrogens is 2. The maximum atomic E-state index is 9.22. The average molecular weight is 410 g/mol. The second-order valence-electron chi connectivity index (χ2n) is 9.12. The molecule has 0 aliphatic heterocycles. The molecule has 1 fully saturated rings. The van der Waals surface area contributed by atoms with E-state index >= 15 is 0 Å². The van der Waals surface area contributed by atoms with Crippen LogP contribution in [0.1, 0.15) is 47.6 Å². The molecule has 0 spiro atoms. The molecule has 0 saturated heterocycles. The Morgan fingerprint density at radius 3 is 2.06 bits per heavy atom. The van der Waals surface area contributed by atoms with Gasteiger partial charge in [-0.3, -0.25) is 5.41 Å². The fourth-order valence-electron chi connectivity index (χ4n) is 4.91. The molecule has 3 heteroatoms. The Labute approximate surface area is 184 Å². The van der Waals surface area contributed by atoms with Crippen LogP contribution in [0, 0.1) is 25.2 Å². The number of nitrogens with zero attached hydrogens (tertiary/aromatic N) is 2. The monoisotopic (exact) mass is 409 g/mol. The predicted molar refractivity (Wildman–Crippen MR) is 127 cm³/mol. The van der Waals surface area contributed by atoms with E-state index in [1.165, 1.54) is 47.0 Å². The highest BCUT2D eigenvalue weighted by Crippen LogP contribution is 2.41. The molecule has 1 aliphatic rings. The SMILES string of the molecule is Cc1ccc(CCn2c(=N)n(C(c3ccc(C)cc3)C3CCC3)c3ccccc32)cc1. The number of imidazole rings is 1. The lowest BCUT2D eigenvalue weighted by Crippen LogP contribution is -2.34. The van der Waals surface area contributed by atoms with Crippen molar-refractivity contribution in [3.05, 3.63) is 101 Å². The molecule has 1 atom stereocenters. The fraction of sp³-hybridized carbons (Fsp3) is 0.321. The minimum absolute atomic E-state index is 0.229. The van der Waals surface area contributed by atoms with Gasteiger partial charge in [0.25, 0.3) is 0 Å². The molecule has 0 radical (unpaired) electrons. The highest BCUT2D eigenvalue weighted by atomic mass is 15.2. The fourth-order valence-corrected chi connectivity index (χ4v) is 4.91. The quantitative estimate of drug-likeness (QED) is 0.395. The first-order chi connectivity index (χ1) is 15.1. The molecule has 1 aromatic heterocycles. The van der Waals surface area contributed by atoms with Gasteiger partial charge in [-0.15, -0.1) is 0 Å². The zero-order chi connectivity index (χ0) is 21.4. The van der Waals surface area contributed by atoms with Crippen LogP contribution in [0.4, 0.5) is 0 Å². The van der Waals surface area contributed by atoms with Crippen molar-refractivity contribution in [2.75, 3.05) is 0 Å². The van der Waals surface area contributed by atoms with Gasteiger partial charge in [0.1, 0.15) is 0 Å². The minimum Gasteiger partial charge on any atom is -0.310 e.